The van der Waals surface area contributed by atoms with Crippen molar-refractivity contribution in [1.29, 1.82) is 0 Å². The van der Waals surface area contributed by atoms with Gasteiger partial charge in [-0.15, -0.1) is 35.3 Å². The summed E-state index contributed by atoms with van der Waals surface area (Å²) in [6, 6.07) is 0.906. The van der Waals surface area contributed by atoms with Gasteiger partial charge in [-0.3, -0.25) is 4.99 Å². The Balaban J connectivity index is 0.00000192. The molecule has 23 heavy (non-hydrogen) atoms. The highest BCUT2D eigenvalue weighted by molar-refractivity contribution is 14.0. The van der Waals surface area contributed by atoms with Gasteiger partial charge in [-0.1, -0.05) is 0 Å². The van der Waals surface area contributed by atoms with Crippen LogP contribution in [0.25, 0.3) is 0 Å². The van der Waals surface area contributed by atoms with Crippen LogP contribution in [0.5, 0.6) is 0 Å². The van der Waals surface area contributed by atoms with Gasteiger partial charge in [0, 0.05) is 44.5 Å². The lowest BCUT2D eigenvalue weighted by molar-refractivity contribution is 0.314. The van der Waals surface area contributed by atoms with Crippen molar-refractivity contribution in [3.8, 4) is 0 Å². The highest BCUT2D eigenvalue weighted by Crippen LogP contribution is 2.31. The first-order valence-electron chi connectivity index (χ1n) is 8.34. The summed E-state index contributed by atoms with van der Waals surface area (Å²) in [7, 11) is 1.84. The summed E-state index contributed by atoms with van der Waals surface area (Å²) >= 11 is 1.71. The van der Waals surface area contributed by atoms with Crippen LogP contribution in [0, 0.1) is 12.8 Å². The monoisotopic (exact) mass is 449 g/mol. The minimum Gasteiger partial charge on any atom is -0.356 e. The molecule has 130 valence electrons. The van der Waals surface area contributed by atoms with Crippen molar-refractivity contribution >= 4 is 41.3 Å². The number of guanidine groups is 1. The first kappa shape index (κ1) is 18.9. The average Bonchev–Trinajstić information content (AvgIpc) is 3.12. The summed E-state index contributed by atoms with van der Waals surface area (Å²) in [5.74, 6) is 1.68. The molecule has 1 aliphatic heterocycles. The topological polar surface area (TPSA) is 52.6 Å². The number of hydrogen-bond donors (Lipinski definition) is 2. The number of aryl methyl sites for hydroxylation is 1. The molecular formula is C16H28IN5S. The molecule has 0 amide bonds. The Kier molecular flexibility index (Phi) is 7.55. The molecule has 3 rings (SSSR count). The molecular weight excluding hydrogens is 421 g/mol. The second-order valence-electron chi connectivity index (χ2n) is 6.37. The molecule has 0 bridgehead atoms. The molecule has 1 atom stereocenters. The van der Waals surface area contributed by atoms with Gasteiger partial charge in [0.15, 0.2) is 5.96 Å². The van der Waals surface area contributed by atoms with Crippen LogP contribution in [-0.4, -0.2) is 55.1 Å². The lowest BCUT2D eigenvalue weighted by atomic mass is 10.1. The van der Waals surface area contributed by atoms with E-state index in [0.29, 0.717) is 0 Å². The van der Waals surface area contributed by atoms with Crippen molar-refractivity contribution in [2.45, 2.75) is 38.6 Å². The molecule has 1 aliphatic carbocycles. The fourth-order valence-corrected chi connectivity index (χ4v) is 3.74. The summed E-state index contributed by atoms with van der Waals surface area (Å²) in [5.41, 5.74) is 1.17. The summed E-state index contributed by atoms with van der Waals surface area (Å²) < 4.78 is 0. The molecule has 2 fully saturated rings. The van der Waals surface area contributed by atoms with E-state index in [1.165, 1.54) is 38.0 Å². The predicted octanol–water partition coefficient (Wildman–Crippen LogP) is 2.26. The smallest absolute Gasteiger partial charge is 0.190 e. The van der Waals surface area contributed by atoms with Gasteiger partial charge in [-0.25, -0.2) is 4.98 Å². The molecule has 2 N–H and O–H groups in total. The van der Waals surface area contributed by atoms with E-state index in [-0.39, 0.29) is 24.0 Å². The number of rotatable bonds is 6. The van der Waals surface area contributed by atoms with Gasteiger partial charge in [0.05, 0.1) is 10.7 Å². The van der Waals surface area contributed by atoms with Crippen LogP contribution in [-0.2, 0) is 6.42 Å². The van der Waals surface area contributed by atoms with Gasteiger partial charge < -0.3 is 15.5 Å². The molecule has 1 saturated carbocycles. The molecule has 2 heterocycles. The number of nitrogens with one attached hydrogen (secondary N) is 2. The lowest BCUT2D eigenvalue weighted by Gasteiger charge is -2.17. The SMILES string of the molecule is CN=C(NCCc1csc(C)n1)NCC1CCN(C2CC2)C1.I. The predicted molar refractivity (Wildman–Crippen MR) is 108 cm³/mol. The third kappa shape index (κ3) is 5.86. The van der Waals surface area contributed by atoms with Crippen molar-refractivity contribution < 1.29 is 0 Å². The fourth-order valence-electron chi connectivity index (χ4n) is 3.09. The summed E-state index contributed by atoms with van der Waals surface area (Å²) in [4.78, 5) is 11.5. The van der Waals surface area contributed by atoms with Crippen LogP contribution in [0.4, 0.5) is 0 Å². The maximum absolute atomic E-state index is 4.49. The minimum atomic E-state index is 0. The highest BCUT2D eigenvalue weighted by atomic mass is 127. The van der Waals surface area contributed by atoms with Gasteiger partial charge >= 0.3 is 0 Å². The molecule has 7 heteroatoms. The molecule has 5 nitrogen and oxygen atoms in total. The van der Waals surface area contributed by atoms with Gasteiger partial charge in [0.2, 0.25) is 0 Å². The maximum Gasteiger partial charge on any atom is 0.190 e. The fraction of sp³-hybridized carbons (Fsp3) is 0.750. The molecule has 1 saturated heterocycles. The quantitative estimate of drug-likeness (QED) is 0.398. The number of halogens is 1. The summed E-state index contributed by atoms with van der Waals surface area (Å²) in [6.45, 7) is 6.49. The second kappa shape index (κ2) is 9.17. The van der Waals surface area contributed by atoms with E-state index in [1.54, 1.807) is 11.3 Å². The zero-order valence-corrected chi connectivity index (χ0v) is 17.2. The van der Waals surface area contributed by atoms with E-state index >= 15 is 0 Å². The Morgan fingerprint density at radius 1 is 1.39 bits per heavy atom. The number of thiazole rings is 1. The Hall–Kier alpha value is -0.410. The lowest BCUT2D eigenvalue weighted by Crippen LogP contribution is -2.41. The van der Waals surface area contributed by atoms with E-state index < -0.39 is 0 Å². The van der Waals surface area contributed by atoms with Crippen LogP contribution < -0.4 is 10.6 Å². The Morgan fingerprint density at radius 2 is 2.22 bits per heavy atom. The molecule has 0 radical (unpaired) electrons. The molecule has 1 unspecified atom stereocenters. The summed E-state index contributed by atoms with van der Waals surface area (Å²) in [6.07, 6.45) is 5.10. The normalized spacial score (nSPS) is 22.0. The zero-order chi connectivity index (χ0) is 15.4. The van der Waals surface area contributed by atoms with Crippen molar-refractivity contribution in [2.75, 3.05) is 33.2 Å². The second-order valence-corrected chi connectivity index (χ2v) is 7.43. The van der Waals surface area contributed by atoms with E-state index in [9.17, 15) is 0 Å². The van der Waals surface area contributed by atoms with Crippen molar-refractivity contribution in [1.82, 2.24) is 20.5 Å². The first-order valence-corrected chi connectivity index (χ1v) is 9.22. The minimum absolute atomic E-state index is 0. The number of aromatic nitrogens is 1. The molecule has 0 spiro atoms. The molecule has 1 aromatic heterocycles. The van der Waals surface area contributed by atoms with Crippen LogP contribution in [0.1, 0.15) is 30.0 Å². The zero-order valence-electron chi connectivity index (χ0n) is 14.0. The molecule has 0 aromatic carbocycles. The standard InChI is InChI=1S/C16H27N5S.HI/c1-12-20-14(11-22-12)5-7-18-16(17-2)19-9-13-6-8-21(10-13)15-3-4-15;/h11,13,15H,3-10H2,1-2H3,(H2,17,18,19);1H. The first-order chi connectivity index (χ1) is 10.7. The van der Waals surface area contributed by atoms with E-state index in [4.69, 9.17) is 0 Å². The van der Waals surface area contributed by atoms with Crippen LogP contribution in [0.3, 0.4) is 0 Å². The van der Waals surface area contributed by atoms with Gasteiger partial charge in [0.25, 0.3) is 0 Å². The molecule has 2 aliphatic rings. The number of likely N-dealkylation sites (tertiary alicyclic amines) is 1. The number of aliphatic imine (C=N–C) groups is 1. The van der Waals surface area contributed by atoms with E-state index in [1.807, 2.05) is 7.05 Å². The van der Waals surface area contributed by atoms with Crippen molar-refractivity contribution in [2.24, 2.45) is 10.9 Å². The van der Waals surface area contributed by atoms with Gasteiger partial charge in [-0.2, -0.15) is 0 Å². The largest absolute Gasteiger partial charge is 0.356 e. The maximum atomic E-state index is 4.49. The van der Waals surface area contributed by atoms with Crippen molar-refractivity contribution in [3.63, 3.8) is 0 Å². The Labute approximate surface area is 160 Å². The number of hydrogen-bond acceptors (Lipinski definition) is 4. The third-order valence-corrected chi connectivity index (χ3v) is 5.32. The average molecular weight is 449 g/mol. The van der Waals surface area contributed by atoms with Crippen LogP contribution in [0.15, 0.2) is 10.4 Å². The molecule has 1 aromatic rings. The van der Waals surface area contributed by atoms with Gasteiger partial charge in [-0.05, 0) is 38.6 Å². The Bertz CT molecular complexity index is 514. The highest BCUT2D eigenvalue weighted by Gasteiger charge is 2.34. The van der Waals surface area contributed by atoms with Crippen LogP contribution in [0.2, 0.25) is 0 Å². The van der Waals surface area contributed by atoms with E-state index in [0.717, 1.165) is 42.4 Å². The summed E-state index contributed by atoms with van der Waals surface area (Å²) in [5, 5.41) is 10.1. The third-order valence-electron chi connectivity index (χ3n) is 4.50. The number of nitrogens with zero attached hydrogens (tertiary/aromatic N) is 3. The van der Waals surface area contributed by atoms with Gasteiger partial charge in [0.1, 0.15) is 0 Å². The van der Waals surface area contributed by atoms with E-state index in [2.05, 4.69) is 37.8 Å². The van der Waals surface area contributed by atoms with Crippen LogP contribution >= 0.6 is 35.3 Å². The Morgan fingerprint density at radius 3 is 2.87 bits per heavy atom. The van der Waals surface area contributed by atoms with Crippen molar-refractivity contribution in [3.05, 3.63) is 16.1 Å².